The van der Waals surface area contributed by atoms with E-state index in [9.17, 15) is 4.79 Å². The zero-order valence-electron chi connectivity index (χ0n) is 11.9. The van der Waals surface area contributed by atoms with Crippen LogP contribution in [-0.2, 0) is 4.74 Å². The fourth-order valence-electron chi connectivity index (χ4n) is 1.66. The number of rotatable bonds is 2. The quantitative estimate of drug-likeness (QED) is 0.877. The Balaban J connectivity index is 2.30. The van der Waals surface area contributed by atoms with E-state index < -0.39 is 11.7 Å². The number of nitrogen functional groups attached to an aromatic ring is 1. The van der Waals surface area contributed by atoms with E-state index in [2.05, 4.69) is 10.5 Å². The van der Waals surface area contributed by atoms with Crippen LogP contribution in [0.1, 0.15) is 20.8 Å². The van der Waals surface area contributed by atoms with Gasteiger partial charge in [-0.2, -0.15) is 0 Å². The van der Waals surface area contributed by atoms with E-state index in [1.807, 2.05) is 0 Å². The van der Waals surface area contributed by atoms with Crippen molar-refractivity contribution in [3.05, 3.63) is 29.3 Å². The molecule has 7 heteroatoms. The number of nitrogens with two attached hydrogens (primary N) is 1. The van der Waals surface area contributed by atoms with E-state index in [4.69, 9.17) is 26.6 Å². The van der Waals surface area contributed by atoms with Crippen LogP contribution in [0.2, 0.25) is 5.02 Å². The van der Waals surface area contributed by atoms with Crippen LogP contribution in [0, 0.1) is 0 Å². The largest absolute Gasteiger partial charge is 0.444 e. The molecule has 0 aliphatic heterocycles. The summed E-state index contributed by atoms with van der Waals surface area (Å²) >= 11 is 5.98. The Kier molecular flexibility index (Phi) is 4.09. The summed E-state index contributed by atoms with van der Waals surface area (Å²) in [4.78, 5) is 11.9. The van der Waals surface area contributed by atoms with Crippen LogP contribution in [0.3, 0.4) is 0 Å². The molecule has 0 spiro atoms. The fourth-order valence-corrected chi connectivity index (χ4v) is 1.83. The first-order chi connectivity index (χ1) is 9.74. The molecule has 3 N–H and O–H groups in total. The van der Waals surface area contributed by atoms with Gasteiger partial charge < -0.3 is 15.0 Å². The first kappa shape index (κ1) is 15.2. The highest BCUT2D eigenvalue weighted by Crippen LogP contribution is 2.32. The molecule has 1 aromatic heterocycles. The smallest absolute Gasteiger partial charge is 0.412 e. The topological polar surface area (TPSA) is 90.4 Å². The Morgan fingerprint density at radius 3 is 2.67 bits per heavy atom. The molecule has 2 rings (SSSR count). The van der Waals surface area contributed by atoms with Crippen LogP contribution in [0.5, 0.6) is 0 Å². The normalized spacial score (nSPS) is 11.2. The molecule has 0 saturated heterocycles. The number of anilines is 2. The van der Waals surface area contributed by atoms with E-state index >= 15 is 0 Å². The lowest BCUT2D eigenvalue weighted by atomic mass is 10.1. The Morgan fingerprint density at radius 2 is 2.10 bits per heavy atom. The van der Waals surface area contributed by atoms with Crippen molar-refractivity contribution >= 4 is 29.2 Å². The number of nitrogens with one attached hydrogen (secondary N) is 1. The number of ether oxygens (including phenoxy) is 1. The summed E-state index contributed by atoms with van der Waals surface area (Å²) in [6.07, 6.45) is -0.571. The molecule has 21 heavy (non-hydrogen) atoms. The summed E-state index contributed by atoms with van der Waals surface area (Å²) in [7, 11) is 0. The van der Waals surface area contributed by atoms with Gasteiger partial charge in [0, 0.05) is 16.7 Å². The van der Waals surface area contributed by atoms with E-state index in [1.54, 1.807) is 45.0 Å². The molecule has 0 unspecified atom stereocenters. The number of amides is 1. The van der Waals surface area contributed by atoms with Crippen LogP contribution < -0.4 is 11.1 Å². The Bertz CT molecular complexity index is 662. The number of nitrogens with zero attached hydrogens (tertiary/aromatic N) is 1. The van der Waals surface area contributed by atoms with Gasteiger partial charge in [-0.1, -0.05) is 16.8 Å². The van der Waals surface area contributed by atoms with Gasteiger partial charge in [-0.15, -0.1) is 0 Å². The Hall–Kier alpha value is -2.21. The van der Waals surface area contributed by atoms with E-state index in [0.29, 0.717) is 22.0 Å². The van der Waals surface area contributed by atoms with E-state index in [0.717, 1.165) is 0 Å². The van der Waals surface area contributed by atoms with Gasteiger partial charge in [0.05, 0.1) is 5.69 Å². The van der Waals surface area contributed by atoms with E-state index in [1.165, 1.54) is 0 Å². The lowest BCUT2D eigenvalue weighted by Crippen LogP contribution is -2.27. The number of hydrogen-bond acceptors (Lipinski definition) is 5. The summed E-state index contributed by atoms with van der Waals surface area (Å²) in [6.45, 7) is 5.35. The average molecular weight is 310 g/mol. The fraction of sp³-hybridized carbons (Fsp3) is 0.286. The molecule has 1 heterocycles. The third-order valence-corrected chi connectivity index (χ3v) is 2.65. The second-order valence-corrected chi connectivity index (χ2v) is 5.87. The molecule has 0 aliphatic rings. The van der Waals surface area contributed by atoms with E-state index in [-0.39, 0.29) is 5.82 Å². The van der Waals surface area contributed by atoms with Crippen molar-refractivity contribution in [1.82, 2.24) is 5.16 Å². The molecular weight excluding hydrogens is 294 g/mol. The van der Waals surface area contributed by atoms with Gasteiger partial charge in [0.25, 0.3) is 0 Å². The van der Waals surface area contributed by atoms with Crippen molar-refractivity contribution in [2.75, 3.05) is 11.1 Å². The predicted octanol–water partition coefficient (Wildman–Crippen LogP) is 3.92. The molecule has 1 amide bonds. The van der Waals surface area contributed by atoms with Gasteiger partial charge in [-0.05, 0) is 39.0 Å². The van der Waals surface area contributed by atoms with Crippen molar-refractivity contribution < 1.29 is 14.1 Å². The van der Waals surface area contributed by atoms with Crippen molar-refractivity contribution in [3.8, 4) is 11.3 Å². The zero-order chi connectivity index (χ0) is 15.6. The molecule has 0 saturated carbocycles. The Labute approximate surface area is 127 Å². The molecule has 6 nitrogen and oxygen atoms in total. The van der Waals surface area contributed by atoms with Crippen molar-refractivity contribution in [2.24, 2.45) is 0 Å². The third kappa shape index (κ3) is 4.13. The molecule has 2 aromatic rings. The molecule has 0 bridgehead atoms. The highest BCUT2D eigenvalue weighted by atomic mass is 35.5. The predicted molar refractivity (Wildman–Crippen MR) is 81.2 cm³/mol. The van der Waals surface area contributed by atoms with Crippen molar-refractivity contribution in [2.45, 2.75) is 26.4 Å². The second-order valence-electron chi connectivity index (χ2n) is 5.43. The van der Waals surface area contributed by atoms with Crippen LogP contribution in [-0.4, -0.2) is 16.9 Å². The van der Waals surface area contributed by atoms with Gasteiger partial charge in [-0.3, -0.25) is 5.32 Å². The number of hydrogen-bond donors (Lipinski definition) is 2. The molecule has 1 aromatic carbocycles. The summed E-state index contributed by atoms with van der Waals surface area (Å²) in [6, 6.07) is 6.50. The molecule has 0 aliphatic carbocycles. The zero-order valence-corrected chi connectivity index (χ0v) is 12.7. The lowest BCUT2D eigenvalue weighted by molar-refractivity contribution is 0.0636. The van der Waals surface area contributed by atoms with Crippen LogP contribution in [0.4, 0.5) is 16.3 Å². The number of carbonyl (C=O) groups is 1. The minimum Gasteiger partial charge on any atom is -0.444 e. The van der Waals surface area contributed by atoms with Gasteiger partial charge in [0.1, 0.15) is 5.60 Å². The summed E-state index contributed by atoms with van der Waals surface area (Å²) < 4.78 is 10.3. The third-order valence-electron chi connectivity index (χ3n) is 2.41. The molecule has 0 atom stereocenters. The summed E-state index contributed by atoms with van der Waals surface area (Å²) in [5, 5.41) is 6.77. The first-order valence-electron chi connectivity index (χ1n) is 6.27. The number of carbonyl (C=O) groups excluding carboxylic acids is 1. The monoisotopic (exact) mass is 309 g/mol. The number of benzene rings is 1. The van der Waals surface area contributed by atoms with Crippen LogP contribution >= 0.6 is 11.6 Å². The van der Waals surface area contributed by atoms with Crippen LogP contribution in [0.25, 0.3) is 11.3 Å². The summed E-state index contributed by atoms with van der Waals surface area (Å²) in [5.74, 6) is 0.647. The maximum Gasteiger partial charge on any atom is 0.412 e. The molecule has 0 radical (unpaired) electrons. The van der Waals surface area contributed by atoms with Gasteiger partial charge >= 0.3 is 6.09 Å². The van der Waals surface area contributed by atoms with Gasteiger partial charge in [0.2, 0.25) is 0 Å². The maximum absolute atomic E-state index is 11.9. The first-order valence-corrected chi connectivity index (χ1v) is 6.64. The maximum atomic E-state index is 11.9. The minimum atomic E-state index is -0.590. The highest BCUT2D eigenvalue weighted by Gasteiger charge is 2.18. The SMILES string of the molecule is CC(C)(C)OC(=O)Nc1ccc(Cl)cc1-c1cc(N)no1. The van der Waals surface area contributed by atoms with Gasteiger partial charge in [0.15, 0.2) is 11.6 Å². The minimum absolute atomic E-state index is 0.244. The van der Waals surface area contributed by atoms with Gasteiger partial charge in [-0.25, -0.2) is 4.79 Å². The molecular formula is C14H16ClN3O3. The van der Waals surface area contributed by atoms with Crippen LogP contribution in [0.15, 0.2) is 28.8 Å². The number of aromatic nitrogens is 1. The van der Waals surface area contributed by atoms with Crippen molar-refractivity contribution in [1.29, 1.82) is 0 Å². The Morgan fingerprint density at radius 1 is 1.38 bits per heavy atom. The van der Waals surface area contributed by atoms with Crippen molar-refractivity contribution in [3.63, 3.8) is 0 Å². The lowest BCUT2D eigenvalue weighted by Gasteiger charge is -2.20. The second kappa shape index (κ2) is 5.65. The standard InChI is InChI=1S/C14H16ClN3O3/c1-14(2,3)20-13(19)17-10-5-4-8(15)6-9(10)11-7-12(16)18-21-11/h4-7H,1-3H3,(H2,16,18)(H,17,19). The average Bonchev–Trinajstić information content (AvgIpc) is 2.75. The number of halogens is 1. The summed E-state index contributed by atoms with van der Waals surface area (Å²) in [5.41, 5.74) is 6.01. The highest BCUT2D eigenvalue weighted by molar-refractivity contribution is 6.31. The molecule has 112 valence electrons. The molecule has 0 fully saturated rings.